The van der Waals surface area contributed by atoms with Gasteiger partial charge in [0, 0.05) is 36.4 Å². The third-order valence-electron chi connectivity index (χ3n) is 2.35. The summed E-state index contributed by atoms with van der Waals surface area (Å²) < 4.78 is 1.02. The van der Waals surface area contributed by atoms with Crippen molar-refractivity contribution < 1.29 is 0 Å². The van der Waals surface area contributed by atoms with Gasteiger partial charge in [0.05, 0.1) is 0 Å². The summed E-state index contributed by atoms with van der Waals surface area (Å²) in [5, 5.41) is 3.18. The minimum atomic E-state index is 0.264. The van der Waals surface area contributed by atoms with Crippen LogP contribution in [0, 0.1) is 5.41 Å². The number of halogens is 1. The van der Waals surface area contributed by atoms with E-state index < -0.39 is 0 Å². The first-order chi connectivity index (χ1) is 7.83. The number of hydrogen-bond acceptors (Lipinski definition) is 3. The zero-order chi connectivity index (χ0) is 13.1. The van der Waals surface area contributed by atoms with Crippen LogP contribution in [-0.2, 0) is 6.54 Å². The van der Waals surface area contributed by atoms with Crippen LogP contribution in [0.15, 0.2) is 16.7 Å². The van der Waals surface area contributed by atoms with E-state index in [0.717, 1.165) is 23.4 Å². The van der Waals surface area contributed by atoms with Crippen molar-refractivity contribution in [3.8, 4) is 0 Å². The highest BCUT2D eigenvalue weighted by Gasteiger charge is 2.17. The Kier molecular flexibility index (Phi) is 4.95. The first-order valence-electron chi connectivity index (χ1n) is 5.83. The summed E-state index contributed by atoms with van der Waals surface area (Å²) in [6.45, 7) is 8.52. The van der Waals surface area contributed by atoms with Crippen LogP contribution in [0.25, 0.3) is 0 Å². The predicted molar refractivity (Wildman–Crippen MR) is 77.4 cm³/mol. The van der Waals surface area contributed by atoms with E-state index >= 15 is 0 Å². The number of rotatable bonds is 4. The molecule has 0 saturated heterocycles. The molecule has 4 heteroatoms. The van der Waals surface area contributed by atoms with Gasteiger partial charge < -0.3 is 10.2 Å². The molecular weight excluding hydrogens is 278 g/mol. The van der Waals surface area contributed by atoms with Gasteiger partial charge in [0.2, 0.25) is 0 Å². The van der Waals surface area contributed by atoms with E-state index in [2.05, 4.69) is 65.0 Å². The van der Waals surface area contributed by atoms with E-state index in [0.29, 0.717) is 0 Å². The number of anilines is 1. The summed E-state index contributed by atoms with van der Waals surface area (Å²) in [7, 11) is 4.05. The maximum atomic E-state index is 4.52. The lowest BCUT2D eigenvalue weighted by molar-refractivity contribution is 0.417. The molecule has 0 aliphatic rings. The monoisotopic (exact) mass is 299 g/mol. The average molecular weight is 300 g/mol. The van der Waals surface area contributed by atoms with Gasteiger partial charge >= 0.3 is 0 Å². The first-order valence-corrected chi connectivity index (χ1v) is 6.63. The Hall–Kier alpha value is -0.610. The Morgan fingerprint density at radius 1 is 1.41 bits per heavy atom. The SMILES string of the molecule is CNCc1cc(Br)cnc1N(C)CC(C)(C)C. The van der Waals surface area contributed by atoms with E-state index in [1.165, 1.54) is 5.56 Å². The van der Waals surface area contributed by atoms with Crippen molar-refractivity contribution >= 4 is 21.7 Å². The van der Waals surface area contributed by atoms with Crippen LogP contribution in [0.4, 0.5) is 5.82 Å². The van der Waals surface area contributed by atoms with E-state index in [-0.39, 0.29) is 5.41 Å². The van der Waals surface area contributed by atoms with Gasteiger partial charge in [-0.2, -0.15) is 0 Å². The molecule has 17 heavy (non-hydrogen) atoms. The normalized spacial score (nSPS) is 11.6. The lowest BCUT2D eigenvalue weighted by Crippen LogP contribution is -2.30. The van der Waals surface area contributed by atoms with Crippen molar-refractivity contribution in [3.05, 3.63) is 22.3 Å². The quantitative estimate of drug-likeness (QED) is 0.926. The van der Waals surface area contributed by atoms with Crippen LogP contribution in [-0.4, -0.2) is 25.6 Å². The molecule has 0 fully saturated rings. The number of aromatic nitrogens is 1. The molecule has 96 valence electrons. The molecule has 1 aromatic rings. The third-order valence-corrected chi connectivity index (χ3v) is 2.78. The summed E-state index contributed by atoms with van der Waals surface area (Å²) >= 11 is 3.47. The second-order valence-corrected chi connectivity index (χ2v) is 6.50. The summed E-state index contributed by atoms with van der Waals surface area (Å²) in [5.41, 5.74) is 1.48. The topological polar surface area (TPSA) is 28.2 Å². The first kappa shape index (κ1) is 14.5. The largest absolute Gasteiger partial charge is 0.359 e. The number of pyridine rings is 1. The standard InChI is InChI=1S/C13H22BrN3/c1-13(2,3)9-17(5)12-10(7-15-4)6-11(14)8-16-12/h6,8,15H,7,9H2,1-5H3. The molecule has 1 rings (SSSR count). The molecule has 0 radical (unpaired) electrons. The van der Waals surface area contributed by atoms with Gasteiger partial charge in [0.15, 0.2) is 0 Å². The third kappa shape index (κ3) is 4.64. The molecule has 0 atom stereocenters. The molecule has 0 saturated carbocycles. The maximum Gasteiger partial charge on any atom is 0.132 e. The Bertz CT molecular complexity index is 371. The van der Waals surface area contributed by atoms with Gasteiger partial charge in [-0.15, -0.1) is 0 Å². The van der Waals surface area contributed by atoms with Crippen LogP contribution >= 0.6 is 15.9 Å². The highest BCUT2D eigenvalue weighted by atomic mass is 79.9. The number of nitrogens with zero attached hydrogens (tertiary/aromatic N) is 2. The lowest BCUT2D eigenvalue weighted by atomic mass is 9.96. The fraction of sp³-hybridized carbons (Fsp3) is 0.615. The van der Waals surface area contributed by atoms with Crippen LogP contribution < -0.4 is 10.2 Å². The molecule has 0 aromatic carbocycles. The molecule has 0 spiro atoms. The Morgan fingerprint density at radius 3 is 2.59 bits per heavy atom. The fourth-order valence-corrected chi connectivity index (χ4v) is 2.30. The molecule has 0 aliphatic carbocycles. The van der Waals surface area contributed by atoms with Gasteiger partial charge in [0.1, 0.15) is 5.82 Å². The second kappa shape index (κ2) is 5.83. The zero-order valence-electron chi connectivity index (χ0n) is 11.3. The molecule has 0 aliphatic heterocycles. The molecule has 0 bridgehead atoms. The molecule has 3 nitrogen and oxygen atoms in total. The summed E-state index contributed by atoms with van der Waals surface area (Å²) in [4.78, 5) is 6.74. The molecular formula is C13H22BrN3. The van der Waals surface area contributed by atoms with E-state index in [4.69, 9.17) is 0 Å². The summed E-state index contributed by atoms with van der Waals surface area (Å²) in [5.74, 6) is 1.05. The maximum absolute atomic E-state index is 4.52. The van der Waals surface area contributed by atoms with Crippen molar-refractivity contribution in [1.29, 1.82) is 0 Å². The van der Waals surface area contributed by atoms with Gasteiger partial charge in [-0.25, -0.2) is 4.98 Å². The average Bonchev–Trinajstić information content (AvgIpc) is 2.15. The predicted octanol–water partition coefficient (Wildman–Crippen LogP) is 3.05. The van der Waals surface area contributed by atoms with Gasteiger partial charge in [-0.1, -0.05) is 20.8 Å². The van der Waals surface area contributed by atoms with Crippen molar-refractivity contribution in [2.24, 2.45) is 5.41 Å². The van der Waals surface area contributed by atoms with Crippen LogP contribution in [0.3, 0.4) is 0 Å². The van der Waals surface area contributed by atoms with E-state index in [1.807, 2.05) is 13.2 Å². The summed E-state index contributed by atoms with van der Waals surface area (Å²) in [6, 6.07) is 2.12. The molecule has 1 heterocycles. The van der Waals surface area contributed by atoms with Crippen molar-refractivity contribution in [1.82, 2.24) is 10.3 Å². The van der Waals surface area contributed by atoms with E-state index in [9.17, 15) is 0 Å². The van der Waals surface area contributed by atoms with Crippen molar-refractivity contribution in [3.63, 3.8) is 0 Å². The smallest absolute Gasteiger partial charge is 0.132 e. The highest BCUT2D eigenvalue weighted by molar-refractivity contribution is 9.10. The molecule has 0 amide bonds. The lowest BCUT2D eigenvalue weighted by Gasteiger charge is -2.29. The molecule has 1 N–H and O–H groups in total. The van der Waals surface area contributed by atoms with E-state index in [1.54, 1.807) is 0 Å². The molecule has 0 unspecified atom stereocenters. The van der Waals surface area contributed by atoms with Gasteiger partial charge in [0.25, 0.3) is 0 Å². The molecule has 1 aromatic heterocycles. The Morgan fingerprint density at radius 2 is 2.06 bits per heavy atom. The van der Waals surface area contributed by atoms with Crippen LogP contribution in [0.5, 0.6) is 0 Å². The highest BCUT2D eigenvalue weighted by Crippen LogP contribution is 2.24. The minimum absolute atomic E-state index is 0.264. The fourth-order valence-electron chi connectivity index (χ4n) is 1.92. The Labute approximate surface area is 113 Å². The number of hydrogen-bond donors (Lipinski definition) is 1. The van der Waals surface area contributed by atoms with Crippen LogP contribution in [0.1, 0.15) is 26.3 Å². The van der Waals surface area contributed by atoms with Gasteiger partial charge in [-0.05, 0) is 34.5 Å². The second-order valence-electron chi connectivity index (χ2n) is 5.58. The van der Waals surface area contributed by atoms with Gasteiger partial charge in [-0.3, -0.25) is 0 Å². The summed E-state index contributed by atoms with van der Waals surface area (Å²) in [6.07, 6.45) is 1.85. The zero-order valence-corrected chi connectivity index (χ0v) is 12.9. The number of nitrogens with one attached hydrogen (secondary N) is 1. The van der Waals surface area contributed by atoms with Crippen molar-refractivity contribution in [2.45, 2.75) is 27.3 Å². The van der Waals surface area contributed by atoms with Crippen LogP contribution in [0.2, 0.25) is 0 Å². The minimum Gasteiger partial charge on any atom is -0.359 e. The Balaban J connectivity index is 2.95. The van der Waals surface area contributed by atoms with Crippen molar-refractivity contribution in [2.75, 3.05) is 25.5 Å².